The fourth-order valence-electron chi connectivity index (χ4n) is 4.49. The summed E-state index contributed by atoms with van der Waals surface area (Å²) in [6, 6.07) is 30.0. The van der Waals surface area contributed by atoms with Gasteiger partial charge in [-0.1, -0.05) is 60.7 Å². The van der Waals surface area contributed by atoms with Crippen molar-refractivity contribution in [2.45, 2.75) is 52.4 Å². The van der Waals surface area contributed by atoms with E-state index in [1.54, 1.807) is 0 Å². The van der Waals surface area contributed by atoms with Gasteiger partial charge in [-0.15, -0.1) is 0 Å². The molecule has 0 atom stereocenters. The van der Waals surface area contributed by atoms with Gasteiger partial charge in [0.25, 0.3) is 0 Å². The second-order valence-corrected chi connectivity index (χ2v) is 9.29. The average Bonchev–Trinajstić information content (AvgIpc) is 2.90. The smallest absolute Gasteiger partial charge is 0.0545 e. The molecule has 6 nitrogen and oxygen atoms in total. The molecule has 0 saturated carbocycles. The van der Waals surface area contributed by atoms with Crippen molar-refractivity contribution in [1.82, 2.24) is 31.2 Å². The van der Waals surface area contributed by atoms with E-state index in [1.165, 1.54) is 22.3 Å². The van der Waals surface area contributed by atoms with Crippen molar-refractivity contribution < 1.29 is 0 Å². The number of benzene rings is 2. The normalized spacial score (nSPS) is 15.6. The number of aromatic nitrogens is 2. The van der Waals surface area contributed by atoms with Crippen LogP contribution < -0.4 is 21.3 Å². The van der Waals surface area contributed by atoms with E-state index in [0.717, 1.165) is 75.1 Å². The van der Waals surface area contributed by atoms with E-state index in [2.05, 4.69) is 106 Å². The van der Waals surface area contributed by atoms with Gasteiger partial charge < -0.3 is 21.3 Å². The maximum Gasteiger partial charge on any atom is 0.0545 e. The molecule has 0 spiro atoms. The summed E-state index contributed by atoms with van der Waals surface area (Å²) in [6.07, 6.45) is 0. The molecule has 1 aliphatic heterocycles. The molecule has 4 aromatic rings. The molecular weight excluding hydrogens is 444 g/mol. The summed E-state index contributed by atoms with van der Waals surface area (Å²) in [4.78, 5) is 9.66. The quantitative estimate of drug-likeness (QED) is 0.307. The third-order valence-electron chi connectivity index (χ3n) is 6.25. The molecule has 6 heteroatoms. The average molecular weight is 479 g/mol. The molecule has 0 amide bonds. The summed E-state index contributed by atoms with van der Waals surface area (Å²) in [5.41, 5.74) is 9.33. The Balaban J connectivity index is 1.30. The fraction of sp³-hybridized carbons (Fsp3) is 0.267. The lowest BCUT2D eigenvalue weighted by atomic mass is 10.1. The summed E-state index contributed by atoms with van der Waals surface area (Å²) in [5, 5.41) is 14.2. The molecule has 36 heavy (non-hydrogen) atoms. The van der Waals surface area contributed by atoms with Gasteiger partial charge in [0.05, 0.1) is 22.8 Å². The molecule has 8 bridgehead atoms. The molecule has 0 saturated heterocycles. The van der Waals surface area contributed by atoms with Crippen LogP contribution in [0.5, 0.6) is 0 Å². The highest BCUT2D eigenvalue weighted by Crippen LogP contribution is 2.09. The number of hydrogen-bond acceptors (Lipinski definition) is 6. The van der Waals surface area contributed by atoms with Crippen LogP contribution in [0.1, 0.15) is 45.0 Å². The van der Waals surface area contributed by atoms with Gasteiger partial charge in [0.15, 0.2) is 0 Å². The van der Waals surface area contributed by atoms with E-state index in [4.69, 9.17) is 9.97 Å². The van der Waals surface area contributed by atoms with Gasteiger partial charge in [0.2, 0.25) is 0 Å². The minimum absolute atomic E-state index is 0.743. The molecule has 2 aromatic heterocycles. The largest absolute Gasteiger partial charge is 0.307 e. The van der Waals surface area contributed by atoms with Crippen molar-refractivity contribution in [3.05, 3.63) is 130 Å². The van der Waals surface area contributed by atoms with E-state index >= 15 is 0 Å². The predicted octanol–water partition coefficient (Wildman–Crippen LogP) is 3.95. The molecular formula is C30H34N6. The molecule has 184 valence electrons. The van der Waals surface area contributed by atoms with Crippen molar-refractivity contribution in [3.63, 3.8) is 0 Å². The minimum atomic E-state index is 0.743. The van der Waals surface area contributed by atoms with Crippen LogP contribution in [0, 0.1) is 0 Å². The Hall–Kier alpha value is -3.42. The van der Waals surface area contributed by atoms with Crippen molar-refractivity contribution in [2.24, 2.45) is 0 Å². The van der Waals surface area contributed by atoms with E-state index in [9.17, 15) is 0 Å². The monoisotopic (exact) mass is 478 g/mol. The molecule has 2 aromatic carbocycles. The summed E-state index contributed by atoms with van der Waals surface area (Å²) in [6.45, 7) is 6.22. The van der Waals surface area contributed by atoms with Gasteiger partial charge in [-0.3, -0.25) is 9.97 Å². The van der Waals surface area contributed by atoms with E-state index in [1.807, 2.05) is 0 Å². The van der Waals surface area contributed by atoms with Gasteiger partial charge >= 0.3 is 0 Å². The zero-order valence-corrected chi connectivity index (χ0v) is 20.6. The third kappa shape index (κ3) is 7.29. The van der Waals surface area contributed by atoms with Crippen molar-refractivity contribution in [1.29, 1.82) is 0 Å². The van der Waals surface area contributed by atoms with Crippen molar-refractivity contribution in [2.75, 3.05) is 0 Å². The highest BCUT2D eigenvalue weighted by molar-refractivity contribution is 5.25. The Kier molecular flexibility index (Phi) is 8.44. The summed E-state index contributed by atoms with van der Waals surface area (Å²) < 4.78 is 0. The lowest BCUT2D eigenvalue weighted by molar-refractivity contribution is 0.645. The zero-order valence-electron chi connectivity index (χ0n) is 20.6. The maximum atomic E-state index is 4.83. The maximum absolute atomic E-state index is 4.83. The van der Waals surface area contributed by atoms with E-state index in [0.29, 0.717) is 0 Å². The molecule has 1 aliphatic rings. The second-order valence-electron chi connectivity index (χ2n) is 9.29. The number of rotatable bonds is 0. The van der Waals surface area contributed by atoms with Gasteiger partial charge in [0, 0.05) is 52.4 Å². The van der Waals surface area contributed by atoms with Crippen LogP contribution in [0.25, 0.3) is 0 Å². The summed E-state index contributed by atoms with van der Waals surface area (Å²) in [5.74, 6) is 0. The Morgan fingerprint density at radius 1 is 0.361 bits per heavy atom. The fourth-order valence-corrected chi connectivity index (χ4v) is 4.49. The van der Waals surface area contributed by atoms with Crippen molar-refractivity contribution >= 4 is 0 Å². The summed E-state index contributed by atoms with van der Waals surface area (Å²) >= 11 is 0. The Bertz CT molecular complexity index is 997. The van der Waals surface area contributed by atoms with Gasteiger partial charge in [-0.05, 0) is 46.5 Å². The third-order valence-corrected chi connectivity index (χ3v) is 6.25. The Morgan fingerprint density at radius 3 is 0.944 bits per heavy atom. The summed E-state index contributed by atoms with van der Waals surface area (Å²) in [7, 11) is 0. The van der Waals surface area contributed by atoms with Gasteiger partial charge in [-0.2, -0.15) is 0 Å². The molecule has 0 unspecified atom stereocenters. The lowest BCUT2D eigenvalue weighted by Crippen LogP contribution is -2.18. The Labute approximate surface area is 213 Å². The molecule has 4 N–H and O–H groups in total. The number of pyridine rings is 2. The van der Waals surface area contributed by atoms with Crippen LogP contribution in [0.2, 0.25) is 0 Å². The van der Waals surface area contributed by atoms with E-state index in [-0.39, 0.29) is 0 Å². The molecule has 5 rings (SSSR count). The van der Waals surface area contributed by atoms with Crippen LogP contribution in [0.3, 0.4) is 0 Å². The van der Waals surface area contributed by atoms with Crippen LogP contribution in [0.15, 0.2) is 84.9 Å². The molecule has 0 fully saturated rings. The van der Waals surface area contributed by atoms with Crippen LogP contribution in [-0.2, 0) is 52.4 Å². The second kappa shape index (κ2) is 12.5. The first-order valence-corrected chi connectivity index (χ1v) is 12.7. The number of hydrogen-bond donors (Lipinski definition) is 4. The highest BCUT2D eigenvalue weighted by atomic mass is 14.9. The molecule has 0 aliphatic carbocycles. The SMILES string of the molecule is c1cc2cc(c1)CNCc1cccc(n1)CNCc1cccc(c1)CNCc1cccc(n1)CNC2. The van der Waals surface area contributed by atoms with Crippen LogP contribution in [0.4, 0.5) is 0 Å². The zero-order chi connectivity index (χ0) is 24.4. The predicted molar refractivity (Wildman–Crippen MR) is 144 cm³/mol. The van der Waals surface area contributed by atoms with Crippen LogP contribution in [-0.4, -0.2) is 9.97 Å². The topological polar surface area (TPSA) is 73.9 Å². The molecule has 3 heterocycles. The van der Waals surface area contributed by atoms with E-state index < -0.39 is 0 Å². The first-order chi connectivity index (χ1) is 17.8. The standard InChI is InChI=1S/C30H34N6/c1-5-23-13-24(6-1)16-32-20-28-10-4-12-30(36-28)22-34-18-26-8-2-7-25(14-26)17-33-21-29-11-3-9-27(35-29)19-31-15-23/h1-14,31-34H,15-22H2. The Morgan fingerprint density at radius 2 is 0.639 bits per heavy atom. The van der Waals surface area contributed by atoms with Crippen molar-refractivity contribution in [3.8, 4) is 0 Å². The van der Waals surface area contributed by atoms with Gasteiger partial charge in [0.1, 0.15) is 0 Å². The number of nitrogens with zero attached hydrogens (tertiary/aromatic N) is 2. The number of nitrogens with one attached hydrogen (secondary N) is 4. The van der Waals surface area contributed by atoms with Crippen LogP contribution >= 0.6 is 0 Å². The lowest BCUT2D eigenvalue weighted by Gasteiger charge is -2.11. The highest BCUT2D eigenvalue weighted by Gasteiger charge is 2.04. The first kappa shape index (κ1) is 24.3. The first-order valence-electron chi connectivity index (χ1n) is 12.7. The number of fused-ring (bicyclic) bond motifs is 8. The van der Waals surface area contributed by atoms with Gasteiger partial charge in [-0.25, -0.2) is 0 Å². The molecule has 0 radical (unpaired) electrons. The minimum Gasteiger partial charge on any atom is -0.307 e.